The molecule has 0 aromatic heterocycles. The van der Waals surface area contributed by atoms with E-state index in [0.29, 0.717) is 0 Å². The van der Waals surface area contributed by atoms with Crippen molar-refractivity contribution in [3.05, 3.63) is 0 Å². The van der Waals surface area contributed by atoms with Gasteiger partial charge in [-0.05, 0) is 25.2 Å². The van der Waals surface area contributed by atoms with E-state index in [1.165, 1.54) is 0 Å². The van der Waals surface area contributed by atoms with Crippen LogP contribution in [0, 0.1) is 5.92 Å². The van der Waals surface area contributed by atoms with Gasteiger partial charge in [-0.2, -0.15) is 0 Å². The van der Waals surface area contributed by atoms with E-state index in [4.69, 9.17) is 11.5 Å². The molecule has 1 rings (SSSR count). The molecule has 0 bridgehead atoms. The maximum absolute atomic E-state index is 13.5. The van der Waals surface area contributed by atoms with Gasteiger partial charge in [0.15, 0.2) is 0 Å². The van der Waals surface area contributed by atoms with Gasteiger partial charge in [-0.25, -0.2) is 0 Å². The Labute approximate surface area is 361 Å². The summed E-state index contributed by atoms with van der Waals surface area (Å²) in [6.07, 6.45) is -4.60. The topological polar surface area (TPSA) is 431 Å². The van der Waals surface area contributed by atoms with E-state index in [2.05, 4.69) is 42.5 Å². The van der Waals surface area contributed by atoms with Crippen molar-refractivity contribution < 1.29 is 77.6 Å². The number of aliphatic carboxylic acids is 3. The van der Waals surface area contributed by atoms with Crippen molar-refractivity contribution in [3.63, 3.8) is 0 Å². The van der Waals surface area contributed by atoms with Crippen molar-refractivity contribution in [1.82, 2.24) is 42.5 Å². The van der Waals surface area contributed by atoms with Gasteiger partial charge in [0.25, 0.3) is 0 Å². The molecule has 28 heteroatoms. The maximum atomic E-state index is 13.5. The molecule has 1 fully saturated rings. The van der Waals surface area contributed by atoms with E-state index in [1.54, 1.807) is 13.8 Å². The summed E-state index contributed by atoms with van der Waals surface area (Å²) in [6.45, 7) is 3.52. The highest BCUT2D eigenvalue weighted by Gasteiger charge is 2.35. The van der Waals surface area contributed by atoms with Crippen LogP contribution in [0.5, 0.6) is 0 Å². The monoisotopic (exact) mass is 920 g/mol. The Morgan fingerprint density at radius 3 is 1.58 bits per heavy atom. The number of hydrogen-bond donors (Lipinski definition) is 13. The SMILES string of the molecule is CC(=O)N[C@H]1CSSC[C@@H](C(N)=O)NC(=O)[C@H](CCC(=O)O)NC(=O)[C@H](CC(C)C)NC(=O)CNC(=O)[C@H](CCC(=O)O)NC(=O)[C@H](CC(=O)O)NC(=O)[C@H](CC(N)=O)NC1=O. The molecule has 26 nitrogen and oxygen atoms in total. The molecule has 0 unspecified atom stereocenters. The molecule has 0 aromatic carbocycles. The fourth-order valence-electron chi connectivity index (χ4n) is 5.32. The summed E-state index contributed by atoms with van der Waals surface area (Å²) < 4.78 is 0. The molecule has 10 amide bonds. The molecule has 0 aromatic rings. The number of amides is 10. The molecule has 7 atom stereocenters. The first-order valence-corrected chi connectivity index (χ1v) is 21.2. The van der Waals surface area contributed by atoms with E-state index in [0.717, 1.165) is 28.5 Å². The van der Waals surface area contributed by atoms with Crippen molar-refractivity contribution in [2.45, 2.75) is 108 Å². The van der Waals surface area contributed by atoms with Gasteiger partial charge in [-0.15, -0.1) is 0 Å². The quantitative estimate of drug-likeness (QED) is 0.0723. The van der Waals surface area contributed by atoms with Crippen LogP contribution in [0.2, 0.25) is 0 Å². The van der Waals surface area contributed by atoms with Crippen LogP contribution in [0.4, 0.5) is 0 Å². The van der Waals surface area contributed by atoms with Gasteiger partial charge in [-0.3, -0.25) is 62.3 Å². The number of carbonyl (C=O) groups excluding carboxylic acids is 10. The molecule has 1 saturated heterocycles. The molecular formula is C34H52N10O16S2. The highest BCUT2D eigenvalue weighted by Crippen LogP contribution is 2.23. The summed E-state index contributed by atoms with van der Waals surface area (Å²) in [5.74, 6) is -16.2. The van der Waals surface area contributed by atoms with Crippen LogP contribution in [0.25, 0.3) is 0 Å². The van der Waals surface area contributed by atoms with Crippen LogP contribution in [-0.2, 0) is 62.3 Å². The highest BCUT2D eigenvalue weighted by molar-refractivity contribution is 8.76. The second kappa shape index (κ2) is 26.9. The van der Waals surface area contributed by atoms with Gasteiger partial charge in [0.1, 0.15) is 42.3 Å². The first-order chi connectivity index (χ1) is 28.9. The fraction of sp³-hybridized carbons (Fsp3) is 0.618. The molecule has 0 radical (unpaired) electrons. The van der Waals surface area contributed by atoms with Gasteiger partial charge in [0.05, 0.1) is 19.4 Å². The van der Waals surface area contributed by atoms with E-state index in [9.17, 15) is 77.6 Å². The third kappa shape index (κ3) is 21.4. The minimum Gasteiger partial charge on any atom is -0.481 e. The average molecular weight is 921 g/mol. The molecule has 0 saturated carbocycles. The number of carboxylic acids is 3. The lowest BCUT2D eigenvalue weighted by Crippen LogP contribution is -2.59. The van der Waals surface area contributed by atoms with E-state index >= 15 is 0 Å². The lowest BCUT2D eigenvalue weighted by atomic mass is 10.0. The Morgan fingerprint density at radius 2 is 1.10 bits per heavy atom. The number of nitrogens with one attached hydrogen (secondary N) is 8. The van der Waals surface area contributed by atoms with Crippen LogP contribution < -0.4 is 54.0 Å². The van der Waals surface area contributed by atoms with Gasteiger partial charge in [-0.1, -0.05) is 35.4 Å². The van der Waals surface area contributed by atoms with Crippen LogP contribution in [-0.4, -0.2) is 153 Å². The zero-order valence-electron chi connectivity index (χ0n) is 33.8. The smallest absolute Gasteiger partial charge is 0.305 e. The molecule has 1 aliphatic heterocycles. The summed E-state index contributed by atoms with van der Waals surface area (Å²) in [6, 6.07) is -11.6. The van der Waals surface area contributed by atoms with Crippen molar-refractivity contribution in [2.75, 3.05) is 18.1 Å². The predicted molar refractivity (Wildman–Crippen MR) is 216 cm³/mol. The third-order valence-electron chi connectivity index (χ3n) is 8.30. The summed E-state index contributed by atoms with van der Waals surface area (Å²) >= 11 is 0. The first-order valence-electron chi connectivity index (χ1n) is 18.7. The first kappa shape index (κ1) is 53.8. The van der Waals surface area contributed by atoms with Crippen molar-refractivity contribution in [1.29, 1.82) is 0 Å². The largest absolute Gasteiger partial charge is 0.481 e. The molecule has 0 spiro atoms. The van der Waals surface area contributed by atoms with E-state index < -0.39 is 164 Å². The Balaban J connectivity index is 3.75. The number of rotatable bonds is 14. The summed E-state index contributed by atoms with van der Waals surface area (Å²) in [4.78, 5) is 164. The zero-order chi connectivity index (χ0) is 47.3. The summed E-state index contributed by atoms with van der Waals surface area (Å²) in [7, 11) is 1.72. The molecule has 1 heterocycles. The number of carbonyl (C=O) groups is 13. The lowest BCUT2D eigenvalue weighted by molar-refractivity contribution is -0.142. The molecule has 0 aliphatic carbocycles. The van der Waals surface area contributed by atoms with Crippen LogP contribution in [0.15, 0.2) is 0 Å². The van der Waals surface area contributed by atoms with Crippen molar-refractivity contribution in [3.8, 4) is 0 Å². The Kier molecular flexibility index (Phi) is 23.4. The van der Waals surface area contributed by atoms with Crippen LogP contribution >= 0.6 is 21.6 Å². The average Bonchev–Trinajstić information content (AvgIpc) is 3.15. The fourth-order valence-corrected chi connectivity index (χ4v) is 7.66. The Bertz CT molecular complexity index is 1730. The molecule has 346 valence electrons. The van der Waals surface area contributed by atoms with Gasteiger partial charge >= 0.3 is 17.9 Å². The molecule has 62 heavy (non-hydrogen) atoms. The van der Waals surface area contributed by atoms with Crippen molar-refractivity contribution >= 4 is 98.6 Å². The second-order valence-electron chi connectivity index (χ2n) is 14.1. The molecule has 1 aliphatic rings. The van der Waals surface area contributed by atoms with E-state index in [1.807, 2.05) is 0 Å². The molecule has 15 N–H and O–H groups in total. The highest BCUT2D eigenvalue weighted by atomic mass is 33.1. The number of nitrogens with two attached hydrogens (primary N) is 2. The number of hydrogen-bond acceptors (Lipinski definition) is 15. The maximum Gasteiger partial charge on any atom is 0.305 e. The standard InChI is InChI=1S/C34H52N10O16S2/c1-14(2)8-18-31(57)41-17(5-7-26(50)51)30(56)44-21(28(36)54)12-61-62-13-22(38-15(3)45)34(60)42-19(9-23(35)46)32(58)43-20(10-27(52)53)33(59)40-16(4-6-25(48)49)29(55)37-11-24(47)39-18/h14,16-22H,4-13H2,1-3H3,(H2,35,46)(H2,36,54)(H,37,55)(H,38,45)(H,39,47)(H,40,59)(H,41,57)(H,42,60)(H,43,58)(H,44,56)(H,48,49)(H,50,51)(H,52,53)/t16-,17-,18-,19-,20-,21-,22-/m0/s1. The second-order valence-corrected chi connectivity index (χ2v) is 16.7. The third-order valence-corrected chi connectivity index (χ3v) is 10.7. The minimum absolute atomic E-state index is 0.0532. The Morgan fingerprint density at radius 1 is 0.629 bits per heavy atom. The predicted octanol–water partition coefficient (Wildman–Crippen LogP) is -5.48. The normalized spacial score (nSPS) is 24.4. The lowest BCUT2D eigenvalue weighted by Gasteiger charge is -2.26. The van der Waals surface area contributed by atoms with Gasteiger partial charge in [0, 0.05) is 31.3 Å². The van der Waals surface area contributed by atoms with Gasteiger partial charge in [0.2, 0.25) is 59.1 Å². The van der Waals surface area contributed by atoms with E-state index in [-0.39, 0.29) is 23.8 Å². The van der Waals surface area contributed by atoms with Gasteiger partial charge < -0.3 is 69.3 Å². The Hall–Kier alpha value is -6.19. The van der Waals surface area contributed by atoms with Crippen LogP contribution in [0.1, 0.15) is 65.7 Å². The zero-order valence-corrected chi connectivity index (χ0v) is 35.4. The number of primary amides is 2. The van der Waals surface area contributed by atoms with Crippen molar-refractivity contribution in [2.24, 2.45) is 17.4 Å². The number of carboxylic acid groups (broad SMARTS) is 3. The minimum atomic E-state index is -2.03. The molecular weight excluding hydrogens is 869 g/mol. The summed E-state index contributed by atoms with van der Waals surface area (Å²) in [5, 5.41) is 46.0. The van der Waals surface area contributed by atoms with Crippen LogP contribution in [0.3, 0.4) is 0 Å². The summed E-state index contributed by atoms with van der Waals surface area (Å²) in [5.41, 5.74) is 10.8.